The number of carbonyl (C=O) groups excluding carboxylic acids is 1. The molecule has 1 aromatic heterocycles. The minimum atomic E-state index is -0.188. The lowest BCUT2D eigenvalue weighted by Crippen LogP contribution is -2.28. The predicted octanol–water partition coefficient (Wildman–Crippen LogP) is 4.42. The number of benzene rings is 3. The summed E-state index contributed by atoms with van der Waals surface area (Å²) in [6.45, 7) is 1.27. The summed E-state index contributed by atoms with van der Waals surface area (Å²) in [5, 5.41) is 7.64. The lowest BCUT2D eigenvalue weighted by atomic mass is 10.1. The smallest absolute Gasteiger partial charge is 0.255 e. The number of hydrogen-bond acceptors (Lipinski definition) is 4. The molecule has 0 atom stereocenters. The molecule has 4 rings (SSSR count). The van der Waals surface area contributed by atoms with Crippen molar-refractivity contribution in [3.8, 4) is 22.8 Å². The third-order valence-electron chi connectivity index (χ3n) is 4.96. The van der Waals surface area contributed by atoms with Crippen LogP contribution in [0.3, 0.4) is 0 Å². The Morgan fingerprint density at radius 1 is 0.906 bits per heavy atom. The summed E-state index contributed by atoms with van der Waals surface area (Å²) in [4.78, 5) is 13.0. The minimum Gasteiger partial charge on any atom is -0.493 e. The molecule has 0 unspecified atom stereocenters. The second-order valence-corrected chi connectivity index (χ2v) is 7.20. The molecule has 1 amide bonds. The van der Waals surface area contributed by atoms with Crippen LogP contribution in [0.2, 0.25) is 0 Å². The molecule has 32 heavy (non-hydrogen) atoms. The molecular weight excluding hydrogens is 402 g/mol. The van der Waals surface area contributed by atoms with Gasteiger partial charge in [-0.2, -0.15) is 5.10 Å². The van der Waals surface area contributed by atoms with Crippen LogP contribution in [0.15, 0.2) is 91.1 Å². The van der Waals surface area contributed by atoms with Crippen LogP contribution in [0.25, 0.3) is 11.3 Å². The molecule has 0 radical (unpaired) electrons. The zero-order valence-electron chi connectivity index (χ0n) is 17.9. The number of hydrogen-bond donors (Lipinski definition) is 1. The number of para-hydroxylation sites is 2. The maximum Gasteiger partial charge on any atom is 0.255 e. The molecule has 162 valence electrons. The molecule has 1 heterocycles. The van der Waals surface area contributed by atoms with E-state index in [1.54, 1.807) is 18.0 Å². The zero-order valence-corrected chi connectivity index (χ0v) is 17.9. The highest BCUT2D eigenvalue weighted by Crippen LogP contribution is 2.25. The van der Waals surface area contributed by atoms with Gasteiger partial charge in [-0.1, -0.05) is 72.8 Å². The summed E-state index contributed by atoms with van der Waals surface area (Å²) in [6, 6.07) is 27.2. The first-order valence-electron chi connectivity index (χ1n) is 10.5. The number of nitrogens with zero attached hydrogens (tertiary/aromatic N) is 2. The van der Waals surface area contributed by atoms with Crippen LogP contribution in [0.5, 0.6) is 11.5 Å². The Labute approximate surface area is 187 Å². The van der Waals surface area contributed by atoms with E-state index in [9.17, 15) is 4.79 Å². The third-order valence-corrected chi connectivity index (χ3v) is 4.96. The van der Waals surface area contributed by atoms with Gasteiger partial charge in [0, 0.05) is 11.8 Å². The van der Waals surface area contributed by atoms with E-state index >= 15 is 0 Å². The second kappa shape index (κ2) is 10.3. The number of carbonyl (C=O) groups is 1. The molecule has 0 aliphatic rings. The van der Waals surface area contributed by atoms with Gasteiger partial charge in [0.05, 0.1) is 25.8 Å². The summed E-state index contributed by atoms with van der Waals surface area (Å²) in [5.41, 5.74) is 3.20. The zero-order chi connectivity index (χ0) is 22.2. The first-order valence-corrected chi connectivity index (χ1v) is 10.5. The van der Waals surface area contributed by atoms with Crippen molar-refractivity contribution in [1.29, 1.82) is 0 Å². The van der Waals surface area contributed by atoms with Crippen LogP contribution in [0.4, 0.5) is 0 Å². The standard InChI is InChI=1S/C26H25N3O3/c1-31-23-14-8-9-15-24(23)32-17-16-27-26(30)22-19-29(18-20-10-4-2-5-11-20)28-25(22)21-12-6-3-7-13-21/h2-15,19H,16-18H2,1H3,(H,27,30). The van der Waals surface area contributed by atoms with Gasteiger partial charge in [-0.25, -0.2) is 0 Å². The Balaban J connectivity index is 1.46. The number of amides is 1. The minimum absolute atomic E-state index is 0.188. The topological polar surface area (TPSA) is 65.4 Å². The van der Waals surface area contributed by atoms with E-state index in [1.807, 2.05) is 84.9 Å². The highest BCUT2D eigenvalue weighted by molar-refractivity contribution is 5.99. The van der Waals surface area contributed by atoms with Gasteiger partial charge in [0.25, 0.3) is 5.91 Å². The van der Waals surface area contributed by atoms with E-state index in [-0.39, 0.29) is 5.91 Å². The SMILES string of the molecule is COc1ccccc1OCCNC(=O)c1cn(Cc2ccccc2)nc1-c1ccccc1. The average molecular weight is 428 g/mol. The van der Waals surface area contributed by atoms with E-state index < -0.39 is 0 Å². The molecule has 1 N–H and O–H groups in total. The largest absolute Gasteiger partial charge is 0.493 e. The molecule has 0 aliphatic heterocycles. The predicted molar refractivity (Wildman–Crippen MR) is 124 cm³/mol. The molecule has 0 aliphatic carbocycles. The normalized spacial score (nSPS) is 10.5. The number of ether oxygens (including phenoxy) is 2. The maximum absolute atomic E-state index is 13.0. The summed E-state index contributed by atoms with van der Waals surface area (Å²) in [5.74, 6) is 1.11. The van der Waals surface area contributed by atoms with Gasteiger partial charge < -0.3 is 14.8 Å². The summed E-state index contributed by atoms with van der Waals surface area (Å²) >= 11 is 0. The van der Waals surface area contributed by atoms with E-state index in [2.05, 4.69) is 5.32 Å². The molecule has 0 spiro atoms. The molecule has 0 saturated heterocycles. The van der Waals surface area contributed by atoms with Crippen molar-refractivity contribution in [1.82, 2.24) is 15.1 Å². The van der Waals surface area contributed by atoms with Crippen LogP contribution in [-0.4, -0.2) is 35.9 Å². The molecule has 0 saturated carbocycles. The molecule has 0 bridgehead atoms. The lowest BCUT2D eigenvalue weighted by molar-refractivity contribution is 0.0947. The fourth-order valence-corrected chi connectivity index (χ4v) is 3.41. The van der Waals surface area contributed by atoms with E-state index in [1.165, 1.54) is 0 Å². The number of rotatable bonds is 9. The van der Waals surface area contributed by atoms with Gasteiger partial charge in [0.15, 0.2) is 11.5 Å². The van der Waals surface area contributed by atoms with Gasteiger partial charge in [-0.15, -0.1) is 0 Å². The van der Waals surface area contributed by atoms with E-state index in [0.29, 0.717) is 42.5 Å². The van der Waals surface area contributed by atoms with E-state index in [4.69, 9.17) is 14.6 Å². The number of methoxy groups -OCH3 is 1. The van der Waals surface area contributed by atoms with Gasteiger partial charge in [0.2, 0.25) is 0 Å². The molecule has 3 aromatic carbocycles. The van der Waals surface area contributed by atoms with Crippen LogP contribution in [0, 0.1) is 0 Å². The molecule has 0 fully saturated rings. The Morgan fingerprint density at radius 3 is 2.28 bits per heavy atom. The fraction of sp³-hybridized carbons (Fsp3) is 0.154. The van der Waals surface area contributed by atoms with Crippen molar-refractivity contribution < 1.29 is 14.3 Å². The molecule has 6 nitrogen and oxygen atoms in total. The second-order valence-electron chi connectivity index (χ2n) is 7.20. The van der Waals surface area contributed by atoms with Crippen LogP contribution >= 0.6 is 0 Å². The van der Waals surface area contributed by atoms with Crippen LogP contribution < -0.4 is 14.8 Å². The summed E-state index contributed by atoms with van der Waals surface area (Å²) < 4.78 is 12.8. The molecular formula is C26H25N3O3. The average Bonchev–Trinajstić information content (AvgIpc) is 3.27. The lowest BCUT2D eigenvalue weighted by Gasteiger charge is -2.10. The maximum atomic E-state index is 13.0. The third kappa shape index (κ3) is 5.16. The first-order chi connectivity index (χ1) is 15.7. The van der Waals surface area contributed by atoms with E-state index in [0.717, 1.165) is 11.1 Å². The van der Waals surface area contributed by atoms with Crippen molar-refractivity contribution in [2.75, 3.05) is 20.3 Å². The van der Waals surface area contributed by atoms with Gasteiger partial charge in [-0.05, 0) is 17.7 Å². The fourth-order valence-electron chi connectivity index (χ4n) is 3.41. The molecule has 6 heteroatoms. The van der Waals surface area contributed by atoms with Crippen molar-refractivity contribution in [3.63, 3.8) is 0 Å². The van der Waals surface area contributed by atoms with Gasteiger partial charge in [0.1, 0.15) is 12.3 Å². The Hall–Kier alpha value is -4.06. The summed E-state index contributed by atoms with van der Waals surface area (Å²) in [6.07, 6.45) is 1.80. The van der Waals surface area contributed by atoms with Gasteiger partial charge >= 0.3 is 0 Å². The number of nitrogens with one attached hydrogen (secondary N) is 1. The van der Waals surface area contributed by atoms with Crippen LogP contribution in [-0.2, 0) is 6.54 Å². The van der Waals surface area contributed by atoms with Crippen molar-refractivity contribution in [3.05, 3.63) is 102 Å². The summed E-state index contributed by atoms with van der Waals surface area (Å²) in [7, 11) is 1.60. The van der Waals surface area contributed by atoms with Crippen molar-refractivity contribution >= 4 is 5.91 Å². The number of aromatic nitrogens is 2. The van der Waals surface area contributed by atoms with Crippen molar-refractivity contribution in [2.24, 2.45) is 0 Å². The molecule has 4 aromatic rings. The monoisotopic (exact) mass is 427 g/mol. The van der Waals surface area contributed by atoms with Crippen molar-refractivity contribution in [2.45, 2.75) is 6.54 Å². The van der Waals surface area contributed by atoms with Gasteiger partial charge in [-0.3, -0.25) is 9.48 Å². The Kier molecular flexibility index (Phi) is 6.82. The Bertz CT molecular complexity index is 1160. The first kappa shape index (κ1) is 21.2. The highest BCUT2D eigenvalue weighted by Gasteiger charge is 2.18. The Morgan fingerprint density at radius 2 is 1.56 bits per heavy atom. The quantitative estimate of drug-likeness (QED) is 0.402. The highest BCUT2D eigenvalue weighted by atomic mass is 16.5. The van der Waals surface area contributed by atoms with Crippen LogP contribution in [0.1, 0.15) is 15.9 Å².